The molecule has 0 aliphatic carbocycles. The summed E-state index contributed by atoms with van der Waals surface area (Å²) in [7, 11) is -3.53. The zero-order valence-electron chi connectivity index (χ0n) is 11.1. The van der Waals surface area contributed by atoms with Gasteiger partial charge in [-0.3, -0.25) is 4.79 Å². The summed E-state index contributed by atoms with van der Waals surface area (Å²) in [5.74, 6) is -2.07. The third-order valence-corrected chi connectivity index (χ3v) is 4.47. The van der Waals surface area contributed by atoms with Gasteiger partial charge in [-0.15, -0.1) is 0 Å². The Morgan fingerprint density at radius 2 is 1.85 bits per heavy atom. The second kappa shape index (κ2) is 7.04. The first-order chi connectivity index (χ1) is 9.36. The molecule has 0 saturated heterocycles. The molecule has 7 heteroatoms. The Kier molecular flexibility index (Phi) is 5.69. The molecule has 0 bridgehead atoms. The zero-order chi connectivity index (χ0) is 15.2. The number of hydrogen-bond donors (Lipinski definition) is 2. The van der Waals surface area contributed by atoms with Crippen LogP contribution >= 0.6 is 0 Å². The topological polar surface area (TPSA) is 101 Å². The van der Waals surface area contributed by atoms with Crippen molar-refractivity contribution in [2.45, 2.75) is 30.7 Å². The van der Waals surface area contributed by atoms with Gasteiger partial charge in [-0.2, -0.15) is 0 Å². The molecular formula is C13H17NO5S. The number of nitrogens with one attached hydrogen (secondary N) is 1. The SMILES string of the molecule is CC[C@H](NC(=O)CCS(=O)(=O)c1ccccc1)C(=O)O. The number of aliphatic carboxylic acids is 1. The summed E-state index contributed by atoms with van der Waals surface area (Å²) in [6.45, 7) is 1.62. The van der Waals surface area contributed by atoms with E-state index in [-0.39, 0.29) is 23.5 Å². The lowest BCUT2D eigenvalue weighted by Crippen LogP contribution is -2.40. The van der Waals surface area contributed by atoms with Crippen LogP contribution in [0.1, 0.15) is 19.8 Å². The number of sulfone groups is 1. The van der Waals surface area contributed by atoms with E-state index in [0.717, 1.165) is 0 Å². The highest BCUT2D eigenvalue weighted by molar-refractivity contribution is 7.91. The molecule has 0 aliphatic rings. The maximum Gasteiger partial charge on any atom is 0.326 e. The lowest BCUT2D eigenvalue weighted by molar-refractivity contribution is -0.141. The molecule has 110 valence electrons. The molecule has 2 N–H and O–H groups in total. The maximum atomic E-state index is 11.9. The molecule has 0 unspecified atom stereocenters. The first-order valence-corrected chi connectivity index (χ1v) is 7.82. The van der Waals surface area contributed by atoms with E-state index in [4.69, 9.17) is 5.11 Å². The van der Waals surface area contributed by atoms with Crippen LogP contribution in [0.15, 0.2) is 35.2 Å². The number of hydrogen-bond acceptors (Lipinski definition) is 4. The molecular weight excluding hydrogens is 282 g/mol. The van der Waals surface area contributed by atoms with Crippen LogP contribution < -0.4 is 5.32 Å². The second-order valence-corrected chi connectivity index (χ2v) is 6.36. The minimum absolute atomic E-state index is 0.151. The van der Waals surface area contributed by atoms with Gasteiger partial charge in [0.15, 0.2) is 9.84 Å². The van der Waals surface area contributed by atoms with Gasteiger partial charge in [0.05, 0.1) is 10.6 Å². The van der Waals surface area contributed by atoms with Gasteiger partial charge in [0.25, 0.3) is 0 Å². The molecule has 0 fully saturated rings. The molecule has 6 nitrogen and oxygen atoms in total. The first kappa shape index (κ1) is 16.2. The lowest BCUT2D eigenvalue weighted by Gasteiger charge is -2.12. The van der Waals surface area contributed by atoms with Crippen LogP contribution in [0.5, 0.6) is 0 Å². The van der Waals surface area contributed by atoms with Crippen LogP contribution in [0.2, 0.25) is 0 Å². The van der Waals surface area contributed by atoms with Gasteiger partial charge < -0.3 is 10.4 Å². The molecule has 0 aliphatic heterocycles. The van der Waals surface area contributed by atoms with Crippen LogP contribution in [-0.4, -0.2) is 37.2 Å². The fourth-order valence-electron chi connectivity index (χ4n) is 1.58. The number of rotatable bonds is 7. The van der Waals surface area contributed by atoms with Crippen molar-refractivity contribution in [1.82, 2.24) is 5.32 Å². The van der Waals surface area contributed by atoms with Crippen LogP contribution in [0.3, 0.4) is 0 Å². The van der Waals surface area contributed by atoms with E-state index in [9.17, 15) is 18.0 Å². The number of amides is 1. The lowest BCUT2D eigenvalue weighted by atomic mass is 10.2. The summed E-state index contributed by atoms with van der Waals surface area (Å²) < 4.78 is 23.9. The van der Waals surface area contributed by atoms with Crippen molar-refractivity contribution in [3.05, 3.63) is 30.3 Å². The van der Waals surface area contributed by atoms with Gasteiger partial charge in [0, 0.05) is 6.42 Å². The molecule has 0 heterocycles. The Morgan fingerprint density at radius 3 is 2.35 bits per heavy atom. The van der Waals surface area contributed by atoms with E-state index >= 15 is 0 Å². The molecule has 1 rings (SSSR count). The van der Waals surface area contributed by atoms with Crippen molar-refractivity contribution in [2.24, 2.45) is 0 Å². The normalized spacial score (nSPS) is 12.7. The third kappa shape index (κ3) is 4.65. The van der Waals surface area contributed by atoms with Crippen LogP contribution in [0.25, 0.3) is 0 Å². The summed E-state index contributed by atoms with van der Waals surface area (Å²) in [5.41, 5.74) is 0. The Hall–Kier alpha value is -1.89. The molecule has 20 heavy (non-hydrogen) atoms. The molecule has 0 radical (unpaired) electrons. The average Bonchev–Trinajstić information content (AvgIpc) is 2.43. The van der Waals surface area contributed by atoms with Gasteiger partial charge in [-0.25, -0.2) is 13.2 Å². The molecule has 1 atom stereocenters. The Bertz CT molecular complexity index is 568. The van der Waals surface area contributed by atoms with Gasteiger partial charge in [-0.05, 0) is 18.6 Å². The van der Waals surface area contributed by atoms with Crippen molar-refractivity contribution >= 4 is 21.7 Å². The predicted octanol–water partition coefficient (Wildman–Crippen LogP) is 0.830. The van der Waals surface area contributed by atoms with Gasteiger partial charge in [-0.1, -0.05) is 25.1 Å². The van der Waals surface area contributed by atoms with E-state index in [1.54, 1.807) is 25.1 Å². The van der Waals surface area contributed by atoms with Crippen LogP contribution in [0.4, 0.5) is 0 Å². The van der Waals surface area contributed by atoms with Crippen molar-refractivity contribution in [3.63, 3.8) is 0 Å². The molecule has 0 saturated carbocycles. The Morgan fingerprint density at radius 1 is 1.25 bits per heavy atom. The van der Waals surface area contributed by atoms with E-state index in [1.165, 1.54) is 12.1 Å². The van der Waals surface area contributed by atoms with Crippen molar-refractivity contribution in [3.8, 4) is 0 Å². The standard InChI is InChI=1S/C13H17NO5S/c1-2-11(13(16)17)14-12(15)8-9-20(18,19)10-6-4-3-5-7-10/h3-7,11H,2,8-9H2,1H3,(H,14,15)(H,16,17)/t11-/m0/s1. The fourth-order valence-corrected chi connectivity index (χ4v) is 2.84. The quantitative estimate of drug-likeness (QED) is 0.776. The number of benzene rings is 1. The Labute approximate surface area is 117 Å². The van der Waals surface area contributed by atoms with E-state index < -0.39 is 27.8 Å². The molecule has 0 aromatic heterocycles. The molecule has 1 aromatic rings. The van der Waals surface area contributed by atoms with Gasteiger partial charge in [0.1, 0.15) is 6.04 Å². The summed E-state index contributed by atoms with van der Waals surface area (Å²) in [6, 6.07) is 6.83. The number of carboxylic acids is 1. The highest BCUT2D eigenvalue weighted by Gasteiger charge is 2.20. The van der Waals surface area contributed by atoms with Crippen molar-refractivity contribution in [1.29, 1.82) is 0 Å². The van der Waals surface area contributed by atoms with Gasteiger partial charge in [0.2, 0.25) is 5.91 Å². The van der Waals surface area contributed by atoms with Crippen LogP contribution in [0, 0.1) is 0 Å². The summed E-state index contributed by atoms with van der Waals surface area (Å²) in [5, 5.41) is 11.1. The minimum Gasteiger partial charge on any atom is -0.480 e. The minimum atomic E-state index is -3.53. The largest absolute Gasteiger partial charge is 0.480 e. The molecule has 1 amide bonds. The average molecular weight is 299 g/mol. The smallest absolute Gasteiger partial charge is 0.326 e. The summed E-state index contributed by atoms with van der Waals surface area (Å²) in [4.78, 5) is 22.5. The first-order valence-electron chi connectivity index (χ1n) is 6.16. The number of carbonyl (C=O) groups is 2. The fraction of sp³-hybridized carbons (Fsp3) is 0.385. The predicted molar refractivity (Wildman–Crippen MR) is 73.0 cm³/mol. The number of carbonyl (C=O) groups excluding carboxylic acids is 1. The molecule has 0 spiro atoms. The zero-order valence-corrected chi connectivity index (χ0v) is 11.9. The van der Waals surface area contributed by atoms with E-state index in [1.807, 2.05) is 0 Å². The van der Waals surface area contributed by atoms with E-state index in [0.29, 0.717) is 0 Å². The van der Waals surface area contributed by atoms with Crippen LogP contribution in [-0.2, 0) is 19.4 Å². The van der Waals surface area contributed by atoms with Crippen molar-refractivity contribution in [2.75, 3.05) is 5.75 Å². The third-order valence-electron chi connectivity index (χ3n) is 2.74. The number of carboxylic acid groups (broad SMARTS) is 1. The second-order valence-electron chi connectivity index (χ2n) is 4.25. The van der Waals surface area contributed by atoms with Crippen molar-refractivity contribution < 1.29 is 23.1 Å². The highest BCUT2D eigenvalue weighted by atomic mass is 32.2. The van der Waals surface area contributed by atoms with Gasteiger partial charge >= 0.3 is 5.97 Å². The summed E-state index contributed by atoms with van der Waals surface area (Å²) >= 11 is 0. The molecule has 1 aromatic carbocycles. The highest BCUT2D eigenvalue weighted by Crippen LogP contribution is 2.11. The Balaban J connectivity index is 2.59. The summed E-state index contributed by atoms with van der Waals surface area (Å²) in [6.07, 6.45) is -0.0203. The van der Waals surface area contributed by atoms with E-state index in [2.05, 4.69) is 5.32 Å². The maximum absolute atomic E-state index is 11.9. The monoisotopic (exact) mass is 299 g/mol.